The Hall–Kier alpha value is -4.59. The van der Waals surface area contributed by atoms with E-state index in [0.29, 0.717) is 12.1 Å². The summed E-state index contributed by atoms with van der Waals surface area (Å²) in [4.78, 5) is 10.8. The molecule has 4 N–H and O–H groups in total. The average molecular weight is 711 g/mol. The van der Waals surface area contributed by atoms with Crippen LogP contribution in [0, 0.1) is 0 Å². The summed E-state index contributed by atoms with van der Waals surface area (Å²) < 4.78 is 133. The second kappa shape index (κ2) is 13.6. The Balaban J connectivity index is 0.000000261. The predicted octanol–water partition coefficient (Wildman–Crippen LogP) is 4.71. The van der Waals surface area contributed by atoms with E-state index in [1.54, 1.807) is 6.92 Å². The largest absolute Gasteiger partial charge is 0.462 e. The van der Waals surface area contributed by atoms with Crippen molar-refractivity contribution in [2.24, 2.45) is 0 Å². The molecule has 0 aliphatic rings. The summed E-state index contributed by atoms with van der Waals surface area (Å²) in [5, 5.41) is 7.67. The van der Waals surface area contributed by atoms with Gasteiger partial charge in [0.25, 0.3) is 0 Å². The van der Waals surface area contributed by atoms with Crippen LogP contribution in [0.4, 0.5) is 38.0 Å². The third-order valence-corrected chi connectivity index (χ3v) is 9.95. The van der Waals surface area contributed by atoms with Crippen LogP contribution in [0.15, 0.2) is 64.6 Å². The standard InChI is InChI=1S/C15H16F3N3O4S.C12H12F3N3O2S/c1-3-25-14(22)10-8-20-21(13(10)19)11-6-5-9(15(16,17)18)7-12(11)26(23,24)4-2;1-2-21(19,20)10-7-8(12(13,14)15)3-4-9(10)18-11(16)5-6-17-18/h5-8H,3-4,19H2,1-2H3;3-7H,2,16H2,1H3. The first kappa shape index (κ1) is 36.9. The quantitative estimate of drug-likeness (QED) is 0.192. The van der Waals surface area contributed by atoms with Gasteiger partial charge in [-0.25, -0.2) is 31.0 Å². The first-order valence-electron chi connectivity index (χ1n) is 13.4. The van der Waals surface area contributed by atoms with Gasteiger partial charge < -0.3 is 16.2 Å². The van der Waals surface area contributed by atoms with Gasteiger partial charge in [0.15, 0.2) is 19.7 Å². The number of nitrogen functional groups attached to an aromatic ring is 2. The monoisotopic (exact) mass is 710 g/mol. The van der Waals surface area contributed by atoms with Crippen molar-refractivity contribution in [3.63, 3.8) is 0 Å². The molecule has 0 spiro atoms. The predicted molar refractivity (Wildman–Crippen MR) is 157 cm³/mol. The summed E-state index contributed by atoms with van der Waals surface area (Å²) in [6, 6.07) is 6.06. The summed E-state index contributed by atoms with van der Waals surface area (Å²) in [7, 11) is -7.90. The highest BCUT2D eigenvalue weighted by atomic mass is 32.2. The lowest BCUT2D eigenvalue weighted by Crippen LogP contribution is -2.15. The minimum Gasteiger partial charge on any atom is -0.462 e. The van der Waals surface area contributed by atoms with Crippen molar-refractivity contribution >= 4 is 37.3 Å². The Labute approximate surface area is 264 Å². The van der Waals surface area contributed by atoms with Gasteiger partial charge in [0.1, 0.15) is 17.2 Å². The van der Waals surface area contributed by atoms with Crippen LogP contribution < -0.4 is 11.5 Å². The number of sulfone groups is 2. The van der Waals surface area contributed by atoms with E-state index < -0.39 is 64.7 Å². The minimum absolute atomic E-state index is 0.00708. The zero-order valence-corrected chi connectivity index (χ0v) is 26.4. The molecule has 12 nitrogen and oxygen atoms in total. The minimum atomic E-state index is -4.72. The third kappa shape index (κ3) is 8.05. The van der Waals surface area contributed by atoms with E-state index in [9.17, 15) is 48.0 Å². The van der Waals surface area contributed by atoms with Crippen molar-refractivity contribution in [1.82, 2.24) is 19.6 Å². The number of carbonyl (C=O) groups is 1. The van der Waals surface area contributed by atoms with Gasteiger partial charge in [0.2, 0.25) is 0 Å². The van der Waals surface area contributed by atoms with E-state index in [0.717, 1.165) is 39.8 Å². The number of ether oxygens (including phenoxy) is 1. The molecule has 0 bridgehead atoms. The fourth-order valence-corrected chi connectivity index (χ4v) is 6.15. The molecule has 0 unspecified atom stereocenters. The molecule has 0 saturated carbocycles. The number of anilines is 2. The van der Waals surface area contributed by atoms with Crippen LogP contribution in [0.2, 0.25) is 0 Å². The highest BCUT2D eigenvalue weighted by Gasteiger charge is 2.34. The zero-order valence-electron chi connectivity index (χ0n) is 24.8. The SMILES string of the molecule is CCOC(=O)c1cnn(-c2ccc(C(F)(F)F)cc2S(=O)(=O)CC)c1N.CCS(=O)(=O)c1cc(C(F)(F)F)ccc1-n1nccc1N. The number of carbonyl (C=O) groups excluding carboxylic acids is 1. The van der Waals surface area contributed by atoms with Gasteiger partial charge in [-0.15, -0.1) is 0 Å². The van der Waals surface area contributed by atoms with E-state index >= 15 is 0 Å². The molecule has 2 heterocycles. The number of hydrogen-bond donors (Lipinski definition) is 2. The number of esters is 1. The Morgan fingerprint density at radius 2 is 1.23 bits per heavy atom. The molecule has 0 saturated heterocycles. The van der Waals surface area contributed by atoms with E-state index in [4.69, 9.17) is 16.2 Å². The summed E-state index contributed by atoms with van der Waals surface area (Å²) in [5.41, 5.74) is 8.99. The second-order valence-electron chi connectivity index (χ2n) is 9.41. The molecule has 2 aromatic carbocycles. The average Bonchev–Trinajstić information content (AvgIpc) is 3.61. The number of rotatable bonds is 8. The van der Waals surface area contributed by atoms with Crippen molar-refractivity contribution < 1.29 is 52.7 Å². The van der Waals surface area contributed by atoms with Crippen molar-refractivity contribution in [2.45, 2.75) is 42.9 Å². The topological polar surface area (TPSA) is 182 Å². The Morgan fingerprint density at radius 1 is 0.766 bits per heavy atom. The molecule has 4 aromatic rings. The maximum Gasteiger partial charge on any atom is 0.416 e. The van der Waals surface area contributed by atoms with Gasteiger partial charge in [0, 0.05) is 6.07 Å². The summed E-state index contributed by atoms with van der Waals surface area (Å²) in [6.45, 7) is 4.32. The first-order valence-corrected chi connectivity index (χ1v) is 16.7. The molecule has 256 valence electrons. The van der Waals surface area contributed by atoms with E-state index in [1.807, 2.05) is 0 Å². The molecule has 0 aliphatic carbocycles. The van der Waals surface area contributed by atoms with Gasteiger partial charge in [-0.3, -0.25) is 0 Å². The van der Waals surface area contributed by atoms with Gasteiger partial charge in [0.05, 0.1) is 62.8 Å². The molecule has 0 atom stereocenters. The molecule has 47 heavy (non-hydrogen) atoms. The zero-order chi connectivity index (χ0) is 35.5. The molecule has 0 fully saturated rings. The van der Waals surface area contributed by atoms with E-state index in [1.165, 1.54) is 26.1 Å². The van der Waals surface area contributed by atoms with Gasteiger partial charge >= 0.3 is 18.3 Å². The van der Waals surface area contributed by atoms with Crippen molar-refractivity contribution in [2.75, 3.05) is 29.6 Å². The number of hydrogen-bond acceptors (Lipinski definition) is 10. The third-order valence-electron chi connectivity index (χ3n) is 6.43. The highest BCUT2D eigenvalue weighted by Crippen LogP contribution is 2.35. The first-order chi connectivity index (χ1) is 21.7. The maximum atomic E-state index is 13.0. The van der Waals surface area contributed by atoms with Crippen LogP contribution in [0.1, 0.15) is 42.3 Å². The van der Waals surface area contributed by atoms with Gasteiger partial charge in [-0.2, -0.15) is 36.5 Å². The smallest absolute Gasteiger partial charge is 0.416 e. The lowest BCUT2D eigenvalue weighted by Gasteiger charge is -2.14. The molecule has 20 heteroatoms. The summed E-state index contributed by atoms with van der Waals surface area (Å²) in [5.74, 6) is -1.64. The number of halogens is 6. The van der Waals surface area contributed by atoms with Crippen LogP contribution in [-0.2, 0) is 36.8 Å². The van der Waals surface area contributed by atoms with Crippen LogP contribution in [0.3, 0.4) is 0 Å². The number of alkyl halides is 6. The van der Waals surface area contributed by atoms with Gasteiger partial charge in [-0.05, 0) is 43.3 Å². The Kier molecular flexibility index (Phi) is 10.7. The van der Waals surface area contributed by atoms with Crippen molar-refractivity contribution in [3.05, 3.63) is 71.5 Å². The molecule has 4 rings (SSSR count). The van der Waals surface area contributed by atoms with Crippen molar-refractivity contribution in [1.29, 1.82) is 0 Å². The number of nitrogens with two attached hydrogens (primary N) is 2. The molecular formula is C27H28F6N6O6S2. The number of nitrogens with zero attached hydrogens (tertiary/aromatic N) is 4. The molecule has 0 aliphatic heterocycles. The molecule has 2 aromatic heterocycles. The van der Waals surface area contributed by atoms with Crippen molar-refractivity contribution in [3.8, 4) is 11.4 Å². The highest BCUT2D eigenvalue weighted by molar-refractivity contribution is 7.91. The van der Waals surface area contributed by atoms with E-state index in [-0.39, 0.29) is 40.9 Å². The van der Waals surface area contributed by atoms with Crippen LogP contribution in [-0.4, -0.2) is 60.5 Å². The maximum absolute atomic E-state index is 13.0. The molecular weight excluding hydrogens is 682 g/mol. The van der Waals surface area contributed by atoms with Crippen LogP contribution in [0.25, 0.3) is 11.4 Å². The van der Waals surface area contributed by atoms with Crippen LogP contribution in [0.5, 0.6) is 0 Å². The summed E-state index contributed by atoms with van der Waals surface area (Å²) >= 11 is 0. The van der Waals surface area contributed by atoms with Gasteiger partial charge in [-0.1, -0.05) is 13.8 Å². The summed E-state index contributed by atoms with van der Waals surface area (Å²) in [6.07, 6.45) is -6.96. The van der Waals surface area contributed by atoms with Crippen LogP contribution >= 0.6 is 0 Å². The second-order valence-corrected chi connectivity index (χ2v) is 13.9. The Bertz CT molecular complexity index is 1990. The number of aromatic nitrogens is 4. The lowest BCUT2D eigenvalue weighted by atomic mass is 10.2. The lowest BCUT2D eigenvalue weighted by molar-refractivity contribution is -0.138. The molecule has 0 radical (unpaired) electrons. The normalized spacial score (nSPS) is 12.4. The fraction of sp³-hybridized carbons (Fsp3) is 0.296. The number of benzene rings is 2. The Morgan fingerprint density at radius 3 is 1.62 bits per heavy atom. The molecule has 0 amide bonds. The fourth-order valence-electron chi connectivity index (χ4n) is 3.97. The van der Waals surface area contributed by atoms with E-state index in [2.05, 4.69) is 10.2 Å².